The van der Waals surface area contributed by atoms with Crippen molar-refractivity contribution in [2.75, 3.05) is 0 Å². The number of nitrogens with two attached hydrogens (primary N) is 5. The molecule has 0 aliphatic rings. The number of nitrogens with zero attached hydrogens (tertiary/aromatic N) is 3. The van der Waals surface area contributed by atoms with Crippen LogP contribution in [-0.4, -0.2) is 23.8 Å². The molecule has 0 heterocycles. The summed E-state index contributed by atoms with van der Waals surface area (Å²) in [5.41, 5.74) is 25.1. The maximum absolute atomic E-state index is 6.80. The molecular weight excluding hydrogens is 174 g/mol. The van der Waals surface area contributed by atoms with Gasteiger partial charge in [0.1, 0.15) is 0 Å². The van der Waals surface area contributed by atoms with Gasteiger partial charge in [0.2, 0.25) is 5.96 Å². The summed E-state index contributed by atoms with van der Waals surface area (Å²) >= 11 is 0. The molecule has 0 atom stereocenters. The van der Waals surface area contributed by atoms with Crippen LogP contribution in [0.1, 0.15) is 0 Å². The second-order valence-electron chi connectivity index (χ2n) is 1.87. The van der Waals surface area contributed by atoms with E-state index in [1.165, 1.54) is 0 Å². The lowest BCUT2D eigenvalue weighted by Gasteiger charge is -1.94. The van der Waals surface area contributed by atoms with Crippen molar-refractivity contribution in [1.29, 1.82) is 5.41 Å². The Bertz CT molecular complexity index is 256. The molecule has 0 aliphatic heterocycles. The maximum Gasteiger partial charge on any atom is 0.259 e. The van der Waals surface area contributed by atoms with Gasteiger partial charge in [-0.25, -0.2) is 0 Å². The minimum absolute atomic E-state index is 0.271. The Balaban J connectivity index is 4.88. The summed E-state index contributed by atoms with van der Waals surface area (Å²) in [6, 6.07) is 0. The van der Waals surface area contributed by atoms with E-state index in [9.17, 15) is 0 Å². The normalized spacial score (nSPS) is 8.31. The smallest absolute Gasteiger partial charge is 0.259 e. The summed E-state index contributed by atoms with van der Waals surface area (Å²) in [6.07, 6.45) is 0. The predicted molar refractivity (Wildman–Crippen MR) is 51.0 cm³/mol. The van der Waals surface area contributed by atoms with Crippen molar-refractivity contribution >= 4 is 23.8 Å². The fraction of sp³-hybridized carbons (Fsp3) is 0. The zero-order valence-electron chi connectivity index (χ0n) is 6.73. The van der Waals surface area contributed by atoms with Crippen LogP contribution in [0.3, 0.4) is 0 Å². The first kappa shape index (κ1) is 10.7. The van der Waals surface area contributed by atoms with Gasteiger partial charge in [-0.1, -0.05) is 0 Å². The molecular formula is C4H11N9. The number of aliphatic imine (C=N–C) groups is 3. The fourth-order valence-corrected chi connectivity index (χ4v) is 0.414. The Kier molecular flexibility index (Phi) is 3.73. The van der Waals surface area contributed by atoms with E-state index in [-0.39, 0.29) is 17.9 Å². The number of rotatable bonds is 0. The fourth-order valence-electron chi connectivity index (χ4n) is 0.414. The third-order valence-electron chi connectivity index (χ3n) is 0.679. The van der Waals surface area contributed by atoms with Gasteiger partial charge < -0.3 is 28.7 Å². The third kappa shape index (κ3) is 6.09. The molecule has 0 bridgehead atoms. The second-order valence-corrected chi connectivity index (χ2v) is 1.87. The first-order valence-corrected chi connectivity index (χ1v) is 3.04. The van der Waals surface area contributed by atoms with Gasteiger partial charge in [-0.3, -0.25) is 5.41 Å². The lowest BCUT2D eigenvalue weighted by atomic mass is 10.8. The first-order chi connectivity index (χ1) is 5.91. The number of nitrogens with one attached hydrogen (secondary N) is 1. The molecule has 0 aliphatic carbocycles. The molecule has 0 aromatic rings. The molecule has 0 aromatic carbocycles. The van der Waals surface area contributed by atoms with Gasteiger partial charge in [-0.15, -0.1) is 0 Å². The Hall–Kier alpha value is -2.32. The van der Waals surface area contributed by atoms with Crippen LogP contribution >= 0.6 is 0 Å². The SMILES string of the molecule is N=C(N)N=C(N=C(N)N)N=C(N)N. The van der Waals surface area contributed by atoms with E-state index < -0.39 is 5.96 Å². The van der Waals surface area contributed by atoms with Crippen LogP contribution in [0, 0.1) is 5.41 Å². The summed E-state index contributed by atoms with van der Waals surface area (Å²) in [4.78, 5) is 10.2. The highest BCUT2D eigenvalue weighted by molar-refractivity contribution is 6.03. The van der Waals surface area contributed by atoms with Crippen LogP contribution in [0.4, 0.5) is 0 Å². The second kappa shape index (κ2) is 4.54. The summed E-state index contributed by atoms with van der Waals surface area (Å²) in [5, 5.41) is 6.80. The molecule has 0 saturated heterocycles. The van der Waals surface area contributed by atoms with E-state index in [2.05, 4.69) is 15.0 Å². The predicted octanol–water partition coefficient (Wildman–Crippen LogP) is -3.22. The van der Waals surface area contributed by atoms with Gasteiger partial charge in [-0.05, 0) is 0 Å². The Morgan fingerprint density at radius 3 is 1.38 bits per heavy atom. The van der Waals surface area contributed by atoms with Gasteiger partial charge in [0.15, 0.2) is 11.9 Å². The van der Waals surface area contributed by atoms with Gasteiger partial charge in [0, 0.05) is 0 Å². The van der Waals surface area contributed by atoms with E-state index in [1.807, 2.05) is 0 Å². The van der Waals surface area contributed by atoms with Crippen LogP contribution in [0.25, 0.3) is 0 Å². The molecule has 9 nitrogen and oxygen atoms in total. The highest BCUT2D eigenvalue weighted by Gasteiger charge is 1.96. The third-order valence-corrected chi connectivity index (χ3v) is 0.679. The zero-order valence-corrected chi connectivity index (χ0v) is 6.73. The maximum atomic E-state index is 6.80. The molecule has 0 fully saturated rings. The zero-order chi connectivity index (χ0) is 10.4. The minimum Gasteiger partial charge on any atom is -0.370 e. The van der Waals surface area contributed by atoms with Crippen LogP contribution in [0.2, 0.25) is 0 Å². The largest absolute Gasteiger partial charge is 0.370 e. The molecule has 0 saturated carbocycles. The topological polar surface area (TPSA) is 191 Å². The molecule has 13 heavy (non-hydrogen) atoms. The van der Waals surface area contributed by atoms with Crippen LogP contribution in [0.15, 0.2) is 15.0 Å². The van der Waals surface area contributed by atoms with E-state index in [4.69, 9.17) is 34.1 Å². The van der Waals surface area contributed by atoms with E-state index in [1.54, 1.807) is 0 Å². The highest BCUT2D eigenvalue weighted by Crippen LogP contribution is 1.82. The molecule has 0 rings (SSSR count). The molecule has 9 heteroatoms. The Labute approximate surface area is 73.9 Å². The van der Waals surface area contributed by atoms with Gasteiger partial charge in [0.25, 0.3) is 5.96 Å². The van der Waals surface area contributed by atoms with Crippen molar-refractivity contribution < 1.29 is 0 Å². The summed E-state index contributed by atoms with van der Waals surface area (Å²) in [5.74, 6) is -1.35. The van der Waals surface area contributed by atoms with Crippen LogP contribution < -0.4 is 28.7 Å². The molecule has 0 unspecified atom stereocenters. The van der Waals surface area contributed by atoms with Crippen molar-refractivity contribution in [2.24, 2.45) is 43.6 Å². The Morgan fingerprint density at radius 2 is 1.15 bits per heavy atom. The average Bonchev–Trinajstić information content (AvgIpc) is 1.80. The molecule has 11 N–H and O–H groups in total. The van der Waals surface area contributed by atoms with Crippen molar-refractivity contribution in [1.82, 2.24) is 0 Å². The summed E-state index contributed by atoms with van der Waals surface area (Å²) in [7, 11) is 0. The molecule has 0 aromatic heterocycles. The molecule has 0 spiro atoms. The van der Waals surface area contributed by atoms with E-state index in [0.717, 1.165) is 0 Å². The van der Waals surface area contributed by atoms with Crippen molar-refractivity contribution in [3.63, 3.8) is 0 Å². The molecule has 0 radical (unpaired) electrons. The lowest BCUT2D eigenvalue weighted by Crippen LogP contribution is -2.27. The first-order valence-electron chi connectivity index (χ1n) is 3.04. The van der Waals surface area contributed by atoms with E-state index >= 15 is 0 Å². The number of hydrogen-bond acceptors (Lipinski definition) is 1. The standard InChI is InChI=1S/C4H11N9/c5-1(6)11-4(12-2(7)8)13-3(9)10/h(H11,5,6,7,8,9,10,11,12,13). The average molecular weight is 185 g/mol. The summed E-state index contributed by atoms with van der Waals surface area (Å²) in [6.45, 7) is 0. The van der Waals surface area contributed by atoms with Gasteiger partial charge in [-0.2, -0.15) is 15.0 Å². The van der Waals surface area contributed by atoms with Crippen LogP contribution in [-0.2, 0) is 0 Å². The van der Waals surface area contributed by atoms with E-state index in [0.29, 0.717) is 0 Å². The minimum atomic E-state index is -0.509. The van der Waals surface area contributed by atoms with Crippen molar-refractivity contribution in [2.45, 2.75) is 0 Å². The highest BCUT2D eigenvalue weighted by atomic mass is 15.2. The van der Waals surface area contributed by atoms with Crippen LogP contribution in [0.5, 0.6) is 0 Å². The monoisotopic (exact) mass is 185 g/mol. The lowest BCUT2D eigenvalue weighted by molar-refractivity contribution is 1.32. The Morgan fingerprint density at radius 1 is 0.769 bits per heavy atom. The van der Waals surface area contributed by atoms with Crippen molar-refractivity contribution in [3.8, 4) is 0 Å². The number of hydrogen-bond donors (Lipinski definition) is 6. The molecule has 72 valence electrons. The number of guanidine groups is 4. The summed E-state index contributed by atoms with van der Waals surface area (Å²) < 4.78 is 0. The van der Waals surface area contributed by atoms with Gasteiger partial charge >= 0.3 is 0 Å². The molecule has 0 amide bonds. The van der Waals surface area contributed by atoms with Crippen molar-refractivity contribution in [3.05, 3.63) is 0 Å². The van der Waals surface area contributed by atoms with Gasteiger partial charge in [0.05, 0.1) is 0 Å². The quantitative estimate of drug-likeness (QED) is 0.170.